The maximum absolute atomic E-state index is 4.78. The highest BCUT2D eigenvalue weighted by Crippen LogP contribution is 2.41. The molecule has 1 aliphatic rings. The van der Waals surface area contributed by atoms with Crippen molar-refractivity contribution in [3.63, 3.8) is 0 Å². The van der Waals surface area contributed by atoms with E-state index >= 15 is 0 Å². The summed E-state index contributed by atoms with van der Waals surface area (Å²) in [4.78, 5) is 4.78. The van der Waals surface area contributed by atoms with Crippen LogP contribution in [0.4, 0.5) is 0 Å². The van der Waals surface area contributed by atoms with Crippen molar-refractivity contribution in [1.82, 2.24) is 4.98 Å². The molecule has 0 bridgehead atoms. The van der Waals surface area contributed by atoms with Crippen molar-refractivity contribution in [1.29, 1.82) is 0 Å². The van der Waals surface area contributed by atoms with Crippen molar-refractivity contribution in [2.24, 2.45) is 0 Å². The van der Waals surface area contributed by atoms with E-state index in [0.717, 1.165) is 5.69 Å². The number of aryl methyl sites for hydroxylation is 2. The quantitative estimate of drug-likeness (QED) is 0.372. The second kappa shape index (κ2) is 6.21. The van der Waals surface area contributed by atoms with Gasteiger partial charge in [0.2, 0.25) is 0 Å². The van der Waals surface area contributed by atoms with Gasteiger partial charge in [0.25, 0.3) is 0 Å². The van der Waals surface area contributed by atoms with E-state index in [1.165, 1.54) is 57.0 Å². The molecule has 0 N–H and O–H groups in total. The molecule has 2 heteroatoms. The van der Waals surface area contributed by atoms with Gasteiger partial charge in [-0.1, -0.05) is 32.0 Å². The van der Waals surface area contributed by atoms with Gasteiger partial charge in [-0.2, -0.15) is 0 Å². The number of hydrogen-bond donors (Lipinski definition) is 0. The van der Waals surface area contributed by atoms with Crippen LogP contribution in [0.1, 0.15) is 49.3 Å². The lowest BCUT2D eigenvalue weighted by atomic mass is 9.90. The van der Waals surface area contributed by atoms with Crippen molar-refractivity contribution in [3.8, 4) is 11.3 Å². The summed E-state index contributed by atoms with van der Waals surface area (Å²) in [6.45, 7) is 4.49. The summed E-state index contributed by atoms with van der Waals surface area (Å²) in [5.41, 5.74) is 6.86. The van der Waals surface area contributed by atoms with Crippen LogP contribution in [0.5, 0.6) is 0 Å². The summed E-state index contributed by atoms with van der Waals surface area (Å²) in [6.07, 6.45) is 7.11. The lowest BCUT2D eigenvalue weighted by molar-refractivity contribution is 0.687. The lowest BCUT2D eigenvalue weighted by Gasteiger charge is -2.15. The van der Waals surface area contributed by atoms with E-state index in [0.29, 0.717) is 5.92 Å². The van der Waals surface area contributed by atoms with Gasteiger partial charge in [-0.05, 0) is 72.6 Å². The van der Waals surface area contributed by atoms with Crippen molar-refractivity contribution < 1.29 is 0 Å². The normalized spacial score (nSPS) is 14.3. The Morgan fingerprint density at radius 3 is 2.54 bits per heavy atom. The van der Waals surface area contributed by atoms with Crippen molar-refractivity contribution in [2.45, 2.75) is 45.4 Å². The second-order valence-corrected chi connectivity index (χ2v) is 8.79. The molecule has 5 rings (SSSR count). The molecule has 0 spiro atoms. The molecular formula is C24H23NS. The zero-order valence-electron chi connectivity index (χ0n) is 15.4. The predicted molar refractivity (Wildman–Crippen MR) is 113 cm³/mol. The number of hydrogen-bond acceptors (Lipinski definition) is 2. The van der Waals surface area contributed by atoms with Crippen LogP contribution in [0.25, 0.3) is 31.4 Å². The Labute approximate surface area is 158 Å². The smallest absolute Gasteiger partial charge is 0.0880 e. The third-order valence-corrected chi connectivity index (χ3v) is 6.85. The SMILES string of the molecule is CC(C)c1cccc(-c2nccc3c2sc2cc4c(cc23)CCCC4)c1. The zero-order chi connectivity index (χ0) is 17.7. The van der Waals surface area contributed by atoms with Crippen LogP contribution in [0.15, 0.2) is 48.7 Å². The maximum atomic E-state index is 4.78. The molecule has 26 heavy (non-hydrogen) atoms. The molecule has 0 atom stereocenters. The van der Waals surface area contributed by atoms with E-state index in [1.807, 2.05) is 17.5 Å². The number of aromatic nitrogens is 1. The monoisotopic (exact) mass is 357 g/mol. The third kappa shape index (κ3) is 2.55. The van der Waals surface area contributed by atoms with E-state index in [1.54, 1.807) is 11.1 Å². The molecule has 0 radical (unpaired) electrons. The average molecular weight is 358 g/mol. The molecule has 0 unspecified atom stereocenters. The Morgan fingerprint density at radius 1 is 0.923 bits per heavy atom. The van der Waals surface area contributed by atoms with E-state index in [9.17, 15) is 0 Å². The first-order valence-electron chi connectivity index (χ1n) is 9.64. The Morgan fingerprint density at radius 2 is 1.73 bits per heavy atom. The Hall–Kier alpha value is -2.19. The van der Waals surface area contributed by atoms with Crippen LogP contribution >= 0.6 is 11.3 Å². The fourth-order valence-corrected chi connectivity index (χ4v) is 5.44. The first-order chi connectivity index (χ1) is 12.7. The van der Waals surface area contributed by atoms with Crippen molar-refractivity contribution >= 4 is 31.5 Å². The van der Waals surface area contributed by atoms with Gasteiger partial charge in [0.15, 0.2) is 0 Å². The molecule has 130 valence electrons. The van der Waals surface area contributed by atoms with Crippen LogP contribution in [-0.4, -0.2) is 4.98 Å². The largest absolute Gasteiger partial charge is 0.255 e. The summed E-state index contributed by atoms with van der Waals surface area (Å²) >= 11 is 1.91. The van der Waals surface area contributed by atoms with Gasteiger partial charge in [0.05, 0.1) is 10.4 Å². The van der Waals surface area contributed by atoms with Gasteiger partial charge < -0.3 is 0 Å². The molecule has 2 heterocycles. The molecule has 2 aromatic heterocycles. The number of pyridine rings is 1. The van der Waals surface area contributed by atoms with Crippen LogP contribution in [0.3, 0.4) is 0 Å². The molecule has 0 amide bonds. The summed E-state index contributed by atoms with van der Waals surface area (Å²) in [7, 11) is 0. The van der Waals surface area contributed by atoms with E-state index in [2.05, 4.69) is 56.3 Å². The minimum Gasteiger partial charge on any atom is -0.255 e. The van der Waals surface area contributed by atoms with E-state index in [4.69, 9.17) is 4.98 Å². The van der Waals surface area contributed by atoms with Crippen molar-refractivity contribution in [2.75, 3.05) is 0 Å². The fourth-order valence-electron chi connectivity index (χ4n) is 4.18. The van der Waals surface area contributed by atoms with Gasteiger partial charge in [-0.25, -0.2) is 0 Å². The molecule has 2 aromatic carbocycles. The van der Waals surface area contributed by atoms with E-state index in [-0.39, 0.29) is 0 Å². The number of benzene rings is 2. The highest BCUT2D eigenvalue weighted by Gasteiger charge is 2.16. The molecule has 0 fully saturated rings. The first-order valence-corrected chi connectivity index (χ1v) is 10.5. The van der Waals surface area contributed by atoms with Crippen LogP contribution in [-0.2, 0) is 12.8 Å². The van der Waals surface area contributed by atoms with Crippen LogP contribution in [0.2, 0.25) is 0 Å². The van der Waals surface area contributed by atoms with Gasteiger partial charge in [-0.3, -0.25) is 4.98 Å². The standard InChI is InChI=1S/C24H23NS/c1-15(2)16-8-5-9-19(12-16)23-24-20(10-11-25-23)21-13-17-6-3-4-7-18(17)14-22(21)26-24/h5,8-15H,3-4,6-7H2,1-2H3. The second-order valence-electron chi connectivity index (χ2n) is 7.74. The van der Waals surface area contributed by atoms with Crippen LogP contribution < -0.4 is 0 Å². The lowest BCUT2D eigenvalue weighted by Crippen LogP contribution is -2.01. The van der Waals surface area contributed by atoms with E-state index < -0.39 is 0 Å². The minimum absolute atomic E-state index is 0.531. The summed E-state index contributed by atoms with van der Waals surface area (Å²) < 4.78 is 2.74. The molecule has 4 aromatic rings. The first kappa shape index (κ1) is 16.0. The third-order valence-electron chi connectivity index (χ3n) is 5.68. The highest BCUT2D eigenvalue weighted by atomic mass is 32.1. The Kier molecular flexibility index (Phi) is 3.82. The van der Waals surface area contributed by atoms with Crippen LogP contribution in [0, 0.1) is 0 Å². The molecule has 1 aliphatic carbocycles. The Balaban J connectivity index is 1.75. The molecular weight excluding hydrogens is 334 g/mol. The molecule has 0 aliphatic heterocycles. The highest BCUT2D eigenvalue weighted by molar-refractivity contribution is 7.26. The summed E-state index contributed by atoms with van der Waals surface area (Å²) in [5.74, 6) is 0.531. The van der Waals surface area contributed by atoms with Gasteiger partial charge in [-0.15, -0.1) is 11.3 Å². The maximum Gasteiger partial charge on any atom is 0.0880 e. The van der Waals surface area contributed by atoms with Gasteiger partial charge in [0.1, 0.15) is 0 Å². The minimum atomic E-state index is 0.531. The van der Waals surface area contributed by atoms with Gasteiger partial charge in [0, 0.05) is 27.2 Å². The topological polar surface area (TPSA) is 12.9 Å². The van der Waals surface area contributed by atoms with Gasteiger partial charge >= 0.3 is 0 Å². The fraction of sp³-hybridized carbons (Fsp3) is 0.292. The predicted octanol–water partition coefficient (Wildman–Crippen LogP) is 7.12. The summed E-state index contributed by atoms with van der Waals surface area (Å²) in [5, 5.41) is 2.77. The average Bonchev–Trinajstić information content (AvgIpc) is 3.03. The molecule has 0 saturated carbocycles. The van der Waals surface area contributed by atoms with Crippen molar-refractivity contribution in [3.05, 3.63) is 65.4 Å². The molecule has 0 saturated heterocycles. The number of fused-ring (bicyclic) bond motifs is 4. The Bertz CT molecular complexity index is 1120. The number of nitrogens with zero attached hydrogens (tertiary/aromatic N) is 1. The number of rotatable bonds is 2. The molecule has 1 nitrogen and oxygen atoms in total. The zero-order valence-corrected chi connectivity index (χ0v) is 16.2. The number of thiophene rings is 1. The summed E-state index contributed by atoms with van der Waals surface area (Å²) in [6, 6.07) is 16.0.